The average molecular weight is 324 g/mol. The van der Waals surface area contributed by atoms with E-state index >= 15 is 0 Å². The zero-order valence-corrected chi connectivity index (χ0v) is 14.4. The first-order valence-electron chi connectivity index (χ1n) is 8.14. The number of nitrogens with zero attached hydrogens (tertiary/aromatic N) is 3. The summed E-state index contributed by atoms with van der Waals surface area (Å²) in [6, 6.07) is 8.23. The van der Waals surface area contributed by atoms with Crippen molar-refractivity contribution < 1.29 is 4.79 Å². The Kier molecular flexibility index (Phi) is 6.52. The number of piperazine rings is 1. The number of benzene rings is 1. The Hall–Kier alpha value is -1.26. The first-order chi connectivity index (χ1) is 10.6. The van der Waals surface area contributed by atoms with Crippen LogP contribution in [0.2, 0.25) is 5.02 Å². The van der Waals surface area contributed by atoms with Gasteiger partial charge in [-0.2, -0.15) is 0 Å². The lowest BCUT2D eigenvalue weighted by molar-refractivity contribution is 0.116. The van der Waals surface area contributed by atoms with E-state index in [1.165, 1.54) is 5.56 Å². The van der Waals surface area contributed by atoms with Gasteiger partial charge in [-0.25, -0.2) is 4.79 Å². The van der Waals surface area contributed by atoms with E-state index < -0.39 is 0 Å². The predicted octanol–water partition coefficient (Wildman–Crippen LogP) is 2.96. The van der Waals surface area contributed by atoms with Gasteiger partial charge in [0, 0.05) is 50.8 Å². The Morgan fingerprint density at radius 1 is 1.18 bits per heavy atom. The number of hydrogen-bond donors (Lipinski definition) is 0. The molecule has 0 atom stereocenters. The molecule has 1 saturated heterocycles. The summed E-state index contributed by atoms with van der Waals surface area (Å²) in [7, 11) is 0. The molecule has 2 rings (SSSR count). The van der Waals surface area contributed by atoms with Crippen molar-refractivity contribution in [2.45, 2.75) is 20.3 Å². The Labute approximate surface area is 138 Å². The molecule has 1 aliphatic rings. The number of halogens is 1. The van der Waals surface area contributed by atoms with E-state index in [1.54, 1.807) is 0 Å². The highest BCUT2D eigenvalue weighted by Gasteiger charge is 2.23. The molecule has 0 aliphatic carbocycles. The van der Waals surface area contributed by atoms with E-state index in [1.807, 2.05) is 41.8 Å². The van der Waals surface area contributed by atoms with Gasteiger partial charge < -0.3 is 9.80 Å². The molecule has 122 valence electrons. The minimum absolute atomic E-state index is 0.180. The summed E-state index contributed by atoms with van der Waals surface area (Å²) in [6.07, 6.45) is 1.00. The molecule has 0 N–H and O–H groups in total. The van der Waals surface area contributed by atoms with Crippen molar-refractivity contribution in [1.29, 1.82) is 0 Å². The van der Waals surface area contributed by atoms with Gasteiger partial charge in [0.05, 0.1) is 0 Å². The third-order valence-corrected chi connectivity index (χ3v) is 4.52. The van der Waals surface area contributed by atoms with Crippen LogP contribution in [0.25, 0.3) is 0 Å². The Morgan fingerprint density at radius 3 is 2.45 bits per heavy atom. The van der Waals surface area contributed by atoms with Crippen molar-refractivity contribution in [3.63, 3.8) is 0 Å². The van der Waals surface area contributed by atoms with Gasteiger partial charge in [-0.3, -0.25) is 4.90 Å². The van der Waals surface area contributed by atoms with Gasteiger partial charge in [0.1, 0.15) is 0 Å². The van der Waals surface area contributed by atoms with Crippen LogP contribution in [0.1, 0.15) is 19.4 Å². The van der Waals surface area contributed by atoms with Crippen LogP contribution in [-0.4, -0.2) is 66.5 Å². The lowest BCUT2D eigenvalue weighted by atomic mass is 10.1. The Balaban J connectivity index is 1.76. The number of carbonyl (C=O) groups is 1. The zero-order chi connectivity index (χ0) is 15.9. The van der Waals surface area contributed by atoms with Crippen LogP contribution in [0.4, 0.5) is 4.79 Å². The van der Waals surface area contributed by atoms with Crippen molar-refractivity contribution in [1.82, 2.24) is 14.7 Å². The minimum Gasteiger partial charge on any atom is -0.325 e. The number of urea groups is 1. The summed E-state index contributed by atoms with van der Waals surface area (Å²) >= 11 is 6.02. The fraction of sp³-hybridized carbons (Fsp3) is 0.588. The second-order valence-electron chi connectivity index (χ2n) is 5.66. The van der Waals surface area contributed by atoms with Crippen LogP contribution < -0.4 is 0 Å². The molecule has 2 amide bonds. The highest BCUT2D eigenvalue weighted by molar-refractivity contribution is 6.30. The van der Waals surface area contributed by atoms with Crippen molar-refractivity contribution in [3.05, 3.63) is 34.9 Å². The molecule has 0 bridgehead atoms. The molecular weight excluding hydrogens is 298 g/mol. The number of amides is 2. The standard InChI is InChI=1S/C17H26ClN3O/c1-3-20(4-2)17(22)21-12-10-19(11-13-21)9-8-15-6-5-7-16(18)14-15/h5-7,14H,3-4,8-13H2,1-2H3. The van der Waals surface area contributed by atoms with Gasteiger partial charge in [0.15, 0.2) is 0 Å². The van der Waals surface area contributed by atoms with Gasteiger partial charge in [0.2, 0.25) is 0 Å². The van der Waals surface area contributed by atoms with Gasteiger partial charge >= 0.3 is 6.03 Å². The van der Waals surface area contributed by atoms with Crippen molar-refractivity contribution in [3.8, 4) is 0 Å². The maximum absolute atomic E-state index is 12.3. The van der Waals surface area contributed by atoms with Crippen molar-refractivity contribution in [2.75, 3.05) is 45.8 Å². The fourth-order valence-electron chi connectivity index (χ4n) is 2.84. The second kappa shape index (κ2) is 8.39. The molecular formula is C17H26ClN3O. The third kappa shape index (κ3) is 4.62. The number of hydrogen-bond acceptors (Lipinski definition) is 2. The van der Waals surface area contributed by atoms with Crippen molar-refractivity contribution >= 4 is 17.6 Å². The molecule has 1 aliphatic heterocycles. The van der Waals surface area contributed by atoms with E-state index in [-0.39, 0.29) is 6.03 Å². The van der Waals surface area contributed by atoms with E-state index in [0.717, 1.165) is 57.3 Å². The molecule has 22 heavy (non-hydrogen) atoms. The van der Waals surface area contributed by atoms with Crippen LogP contribution >= 0.6 is 11.6 Å². The molecule has 0 saturated carbocycles. The quantitative estimate of drug-likeness (QED) is 0.833. The van der Waals surface area contributed by atoms with E-state index in [0.29, 0.717) is 0 Å². The highest BCUT2D eigenvalue weighted by atomic mass is 35.5. The smallest absolute Gasteiger partial charge is 0.320 e. The largest absolute Gasteiger partial charge is 0.325 e. The first-order valence-corrected chi connectivity index (χ1v) is 8.52. The average Bonchev–Trinajstić information content (AvgIpc) is 2.54. The molecule has 0 radical (unpaired) electrons. The van der Waals surface area contributed by atoms with Gasteiger partial charge in [-0.15, -0.1) is 0 Å². The molecule has 0 spiro atoms. The predicted molar refractivity (Wildman–Crippen MR) is 91.5 cm³/mol. The van der Waals surface area contributed by atoms with Gasteiger partial charge in [0.25, 0.3) is 0 Å². The normalized spacial score (nSPS) is 15.9. The summed E-state index contributed by atoms with van der Waals surface area (Å²) in [5.41, 5.74) is 1.27. The van der Waals surface area contributed by atoms with Crippen LogP contribution in [0.5, 0.6) is 0 Å². The summed E-state index contributed by atoms with van der Waals surface area (Å²) < 4.78 is 0. The third-order valence-electron chi connectivity index (χ3n) is 4.28. The first kappa shape index (κ1) is 17.1. The lowest BCUT2D eigenvalue weighted by Gasteiger charge is -2.37. The molecule has 1 aromatic carbocycles. The molecule has 1 fully saturated rings. The molecule has 1 heterocycles. The number of carbonyl (C=O) groups excluding carboxylic acids is 1. The summed E-state index contributed by atoms with van der Waals surface area (Å²) in [6.45, 7) is 10.2. The van der Waals surface area contributed by atoms with Gasteiger partial charge in [-0.1, -0.05) is 23.7 Å². The molecule has 0 unspecified atom stereocenters. The fourth-order valence-corrected chi connectivity index (χ4v) is 3.05. The minimum atomic E-state index is 0.180. The Bertz CT molecular complexity index is 483. The molecule has 0 aromatic heterocycles. The van der Waals surface area contributed by atoms with Crippen molar-refractivity contribution in [2.24, 2.45) is 0 Å². The monoisotopic (exact) mass is 323 g/mol. The van der Waals surface area contributed by atoms with E-state index in [2.05, 4.69) is 11.0 Å². The van der Waals surface area contributed by atoms with Crippen LogP contribution in [0.3, 0.4) is 0 Å². The van der Waals surface area contributed by atoms with Gasteiger partial charge in [-0.05, 0) is 38.0 Å². The summed E-state index contributed by atoms with van der Waals surface area (Å²) in [4.78, 5) is 18.6. The molecule has 4 nitrogen and oxygen atoms in total. The maximum Gasteiger partial charge on any atom is 0.320 e. The molecule has 1 aromatic rings. The SMILES string of the molecule is CCN(CC)C(=O)N1CCN(CCc2cccc(Cl)c2)CC1. The Morgan fingerprint density at radius 2 is 1.86 bits per heavy atom. The zero-order valence-electron chi connectivity index (χ0n) is 13.6. The van der Waals surface area contributed by atoms with E-state index in [9.17, 15) is 4.79 Å². The molecule has 5 heteroatoms. The highest BCUT2D eigenvalue weighted by Crippen LogP contribution is 2.12. The number of rotatable bonds is 5. The van der Waals surface area contributed by atoms with Crippen LogP contribution in [-0.2, 0) is 6.42 Å². The summed E-state index contributed by atoms with van der Waals surface area (Å²) in [5, 5.41) is 0.798. The maximum atomic E-state index is 12.3. The van der Waals surface area contributed by atoms with E-state index in [4.69, 9.17) is 11.6 Å². The lowest BCUT2D eigenvalue weighted by Crippen LogP contribution is -2.53. The second-order valence-corrected chi connectivity index (χ2v) is 6.10. The summed E-state index contributed by atoms with van der Waals surface area (Å²) in [5.74, 6) is 0. The topological polar surface area (TPSA) is 26.8 Å². The van der Waals surface area contributed by atoms with Crippen LogP contribution in [0, 0.1) is 0 Å². The van der Waals surface area contributed by atoms with Crippen LogP contribution in [0.15, 0.2) is 24.3 Å².